The summed E-state index contributed by atoms with van der Waals surface area (Å²) in [5, 5.41) is 4.97. The zero-order valence-corrected chi connectivity index (χ0v) is 24.1. The molecule has 5 rings (SSSR count). The maximum atomic E-state index is 13.9. The molecule has 0 spiro atoms. The molecular weight excluding hydrogens is 532 g/mol. The zero-order valence-electron chi connectivity index (χ0n) is 23.2. The van der Waals surface area contributed by atoms with Crippen LogP contribution in [0.25, 0.3) is 33.9 Å². The van der Waals surface area contributed by atoms with Crippen molar-refractivity contribution in [2.45, 2.75) is 38.1 Å². The minimum absolute atomic E-state index is 0.130. The topological polar surface area (TPSA) is 128 Å². The average molecular weight is 567 g/mol. The SMILES string of the molecule is CCCOc1ccc(S(=O)(=O)N2CCN(C)CC2)cc1-c1nc2c(c(-c3ncccn3)nn2CCC)c(=O)n1C. The van der Waals surface area contributed by atoms with Crippen LogP contribution in [0.4, 0.5) is 0 Å². The summed E-state index contributed by atoms with van der Waals surface area (Å²) in [6.07, 6.45) is 4.73. The molecule has 1 saturated heterocycles. The molecule has 12 nitrogen and oxygen atoms in total. The van der Waals surface area contributed by atoms with Gasteiger partial charge in [-0.3, -0.25) is 9.36 Å². The standard InChI is InChI=1S/C27H34N8O4S/c1-5-12-35-26-22(23(31-35)24-28-10-7-11-29-24)27(36)33(4)25(30-26)20-18-19(8-9-21(20)39-17-6-2)40(37,38)34-15-13-32(3)14-16-34/h7-11,18H,5-6,12-17H2,1-4H3. The summed E-state index contributed by atoms with van der Waals surface area (Å²) >= 11 is 0. The Bertz CT molecular complexity index is 1680. The summed E-state index contributed by atoms with van der Waals surface area (Å²) in [6, 6.07) is 6.47. The van der Waals surface area contributed by atoms with Crippen molar-refractivity contribution in [3.8, 4) is 28.7 Å². The molecule has 0 aliphatic carbocycles. The molecule has 0 unspecified atom stereocenters. The van der Waals surface area contributed by atoms with Crippen LogP contribution in [0.3, 0.4) is 0 Å². The Morgan fingerprint density at radius 3 is 2.40 bits per heavy atom. The maximum absolute atomic E-state index is 13.9. The third-order valence-electron chi connectivity index (χ3n) is 6.94. The first kappa shape index (κ1) is 27.9. The van der Waals surface area contributed by atoms with Gasteiger partial charge in [-0.15, -0.1) is 0 Å². The van der Waals surface area contributed by atoms with Gasteiger partial charge in [0.05, 0.1) is 17.1 Å². The number of hydrogen-bond donors (Lipinski definition) is 0. The van der Waals surface area contributed by atoms with E-state index >= 15 is 0 Å². The number of hydrogen-bond acceptors (Lipinski definition) is 9. The lowest BCUT2D eigenvalue weighted by Gasteiger charge is -2.31. The van der Waals surface area contributed by atoms with E-state index in [1.165, 1.54) is 8.87 Å². The highest BCUT2D eigenvalue weighted by Gasteiger charge is 2.29. The summed E-state index contributed by atoms with van der Waals surface area (Å²) in [7, 11) is -0.177. The Kier molecular flexibility index (Phi) is 7.97. The van der Waals surface area contributed by atoms with E-state index in [0.717, 1.165) is 12.8 Å². The molecular formula is C27H34N8O4S. The Labute approximate surface area is 233 Å². The lowest BCUT2D eigenvalue weighted by atomic mass is 10.1. The van der Waals surface area contributed by atoms with Crippen molar-refractivity contribution in [3.63, 3.8) is 0 Å². The quantitative estimate of drug-likeness (QED) is 0.300. The highest BCUT2D eigenvalue weighted by atomic mass is 32.2. The van der Waals surface area contributed by atoms with E-state index in [1.54, 1.807) is 48.4 Å². The van der Waals surface area contributed by atoms with Crippen molar-refractivity contribution in [2.24, 2.45) is 7.05 Å². The molecule has 212 valence electrons. The van der Waals surface area contributed by atoms with Gasteiger partial charge in [0.25, 0.3) is 5.56 Å². The van der Waals surface area contributed by atoms with Crippen molar-refractivity contribution >= 4 is 21.1 Å². The minimum Gasteiger partial charge on any atom is -0.493 e. The van der Waals surface area contributed by atoms with Crippen LogP contribution in [-0.4, -0.2) is 86.8 Å². The van der Waals surface area contributed by atoms with Gasteiger partial charge in [-0.25, -0.2) is 28.1 Å². The smallest absolute Gasteiger partial charge is 0.265 e. The summed E-state index contributed by atoms with van der Waals surface area (Å²) < 4.78 is 37.8. The van der Waals surface area contributed by atoms with E-state index in [9.17, 15) is 13.2 Å². The van der Waals surface area contributed by atoms with Gasteiger partial charge in [-0.1, -0.05) is 13.8 Å². The van der Waals surface area contributed by atoms with Gasteiger partial charge >= 0.3 is 0 Å². The molecule has 13 heteroatoms. The van der Waals surface area contributed by atoms with Gasteiger partial charge < -0.3 is 9.64 Å². The van der Waals surface area contributed by atoms with Gasteiger partial charge in [-0.05, 0) is 44.2 Å². The van der Waals surface area contributed by atoms with Crippen molar-refractivity contribution in [3.05, 3.63) is 47.0 Å². The van der Waals surface area contributed by atoms with E-state index in [0.29, 0.717) is 73.2 Å². The van der Waals surface area contributed by atoms with Crippen LogP contribution in [-0.2, 0) is 23.6 Å². The fourth-order valence-electron chi connectivity index (χ4n) is 4.75. The predicted octanol–water partition coefficient (Wildman–Crippen LogP) is 2.39. The Morgan fingerprint density at radius 1 is 1.00 bits per heavy atom. The van der Waals surface area contributed by atoms with Crippen molar-refractivity contribution in [1.29, 1.82) is 0 Å². The third kappa shape index (κ3) is 5.11. The molecule has 0 atom stereocenters. The van der Waals surface area contributed by atoms with E-state index in [2.05, 4.69) is 20.0 Å². The van der Waals surface area contributed by atoms with Crippen LogP contribution in [0.2, 0.25) is 0 Å². The molecule has 40 heavy (non-hydrogen) atoms. The number of aryl methyl sites for hydroxylation is 1. The van der Waals surface area contributed by atoms with Gasteiger partial charge in [0.1, 0.15) is 22.7 Å². The average Bonchev–Trinajstić information content (AvgIpc) is 3.33. The van der Waals surface area contributed by atoms with Crippen LogP contribution in [0.5, 0.6) is 5.75 Å². The molecule has 4 heterocycles. The van der Waals surface area contributed by atoms with E-state index in [4.69, 9.17) is 9.72 Å². The number of piperazine rings is 1. The van der Waals surface area contributed by atoms with Crippen LogP contribution in [0, 0.1) is 0 Å². The number of sulfonamides is 1. The molecule has 3 aromatic heterocycles. The summed E-state index contributed by atoms with van der Waals surface area (Å²) in [4.78, 5) is 29.6. The second-order valence-electron chi connectivity index (χ2n) is 9.86. The van der Waals surface area contributed by atoms with Crippen LogP contribution in [0.1, 0.15) is 26.7 Å². The summed E-state index contributed by atoms with van der Waals surface area (Å²) in [5.74, 6) is 1.08. The van der Waals surface area contributed by atoms with Gasteiger partial charge in [-0.2, -0.15) is 9.40 Å². The second-order valence-corrected chi connectivity index (χ2v) is 11.8. The van der Waals surface area contributed by atoms with E-state index < -0.39 is 10.0 Å². The van der Waals surface area contributed by atoms with Crippen molar-refractivity contribution < 1.29 is 13.2 Å². The molecule has 0 radical (unpaired) electrons. The number of benzene rings is 1. The number of fused-ring (bicyclic) bond motifs is 1. The van der Waals surface area contributed by atoms with E-state index in [-0.39, 0.29) is 16.3 Å². The molecule has 1 fully saturated rings. The lowest BCUT2D eigenvalue weighted by Crippen LogP contribution is -2.47. The van der Waals surface area contributed by atoms with Gasteiger partial charge in [0.15, 0.2) is 11.5 Å². The minimum atomic E-state index is -3.77. The molecule has 0 N–H and O–H groups in total. The number of nitrogens with zero attached hydrogens (tertiary/aromatic N) is 8. The largest absolute Gasteiger partial charge is 0.493 e. The first-order chi connectivity index (χ1) is 19.3. The molecule has 0 bridgehead atoms. The highest BCUT2D eigenvalue weighted by Crippen LogP contribution is 2.34. The Morgan fingerprint density at radius 2 is 1.73 bits per heavy atom. The molecule has 0 saturated carbocycles. The predicted molar refractivity (Wildman–Crippen MR) is 152 cm³/mol. The van der Waals surface area contributed by atoms with Gasteiger partial charge in [0.2, 0.25) is 10.0 Å². The second kappa shape index (κ2) is 11.4. The highest BCUT2D eigenvalue weighted by molar-refractivity contribution is 7.89. The first-order valence-corrected chi connectivity index (χ1v) is 14.9. The summed E-state index contributed by atoms with van der Waals surface area (Å²) in [5.41, 5.74) is 0.833. The van der Waals surface area contributed by atoms with Crippen LogP contribution >= 0.6 is 0 Å². The van der Waals surface area contributed by atoms with Crippen molar-refractivity contribution in [1.82, 2.24) is 38.5 Å². The number of ether oxygens (including phenoxy) is 1. The first-order valence-electron chi connectivity index (χ1n) is 13.5. The molecule has 0 amide bonds. The molecule has 4 aromatic rings. The summed E-state index contributed by atoms with van der Waals surface area (Å²) in [6.45, 7) is 7.09. The van der Waals surface area contributed by atoms with Crippen LogP contribution in [0.15, 0.2) is 46.3 Å². The van der Waals surface area contributed by atoms with Gasteiger partial charge in [0, 0.05) is 52.2 Å². The monoisotopic (exact) mass is 566 g/mol. The third-order valence-corrected chi connectivity index (χ3v) is 8.83. The number of likely N-dealkylation sites (N-methyl/N-ethyl adjacent to an activating group) is 1. The maximum Gasteiger partial charge on any atom is 0.265 e. The number of rotatable bonds is 9. The molecule has 1 aliphatic heterocycles. The Balaban J connectivity index is 1.71. The number of aromatic nitrogens is 6. The fraction of sp³-hybridized carbons (Fsp3) is 0.444. The normalized spacial score (nSPS) is 15.1. The van der Waals surface area contributed by atoms with Crippen LogP contribution < -0.4 is 10.3 Å². The Hall–Kier alpha value is -3.68. The zero-order chi connectivity index (χ0) is 28.4. The van der Waals surface area contributed by atoms with Crippen molar-refractivity contribution in [2.75, 3.05) is 39.8 Å². The molecule has 1 aromatic carbocycles. The molecule has 1 aliphatic rings. The van der Waals surface area contributed by atoms with E-state index in [1.807, 2.05) is 20.9 Å². The lowest BCUT2D eigenvalue weighted by molar-refractivity contribution is 0.222. The fourth-order valence-corrected chi connectivity index (χ4v) is 6.20.